The summed E-state index contributed by atoms with van der Waals surface area (Å²) in [5.41, 5.74) is 6.51. The molecule has 0 saturated heterocycles. The van der Waals surface area contributed by atoms with E-state index in [4.69, 9.17) is 4.42 Å². The van der Waals surface area contributed by atoms with Gasteiger partial charge in [0.2, 0.25) is 5.65 Å². The molecular weight excluding hydrogens is 348 g/mol. The van der Waals surface area contributed by atoms with Crippen molar-refractivity contribution < 1.29 is 4.42 Å². The number of para-hydroxylation sites is 2. The molecular formula is C24H20N2O2. The molecule has 0 unspecified atom stereocenters. The van der Waals surface area contributed by atoms with Crippen LogP contribution in [0.15, 0.2) is 94.7 Å². The first-order chi connectivity index (χ1) is 13.7. The Morgan fingerprint density at radius 1 is 1.11 bits per heavy atom. The van der Waals surface area contributed by atoms with Crippen LogP contribution in [0.2, 0.25) is 0 Å². The number of hydrogen-bond donors (Lipinski definition) is 0. The van der Waals surface area contributed by atoms with Gasteiger partial charge in [0.05, 0.1) is 16.6 Å². The van der Waals surface area contributed by atoms with Gasteiger partial charge in [-0.2, -0.15) is 0 Å². The van der Waals surface area contributed by atoms with Crippen LogP contribution < -0.4 is 5.63 Å². The summed E-state index contributed by atoms with van der Waals surface area (Å²) in [7, 11) is 0. The fourth-order valence-electron chi connectivity index (χ4n) is 3.54. The van der Waals surface area contributed by atoms with Crippen LogP contribution in [0.5, 0.6) is 0 Å². The lowest BCUT2D eigenvalue weighted by molar-refractivity contribution is 0.561. The second-order valence-corrected chi connectivity index (χ2v) is 6.47. The van der Waals surface area contributed by atoms with Crippen LogP contribution in [0.25, 0.3) is 33.4 Å². The number of imidazole rings is 1. The molecule has 0 bridgehead atoms. The van der Waals surface area contributed by atoms with Crippen LogP contribution >= 0.6 is 0 Å². The first-order valence-corrected chi connectivity index (χ1v) is 9.10. The molecule has 4 nitrogen and oxygen atoms in total. The molecule has 5 rings (SSSR count). The first kappa shape index (κ1) is 17.7. The van der Waals surface area contributed by atoms with E-state index in [-0.39, 0.29) is 0 Å². The minimum atomic E-state index is -0.420. The lowest BCUT2D eigenvalue weighted by Crippen LogP contribution is -2.05. The predicted octanol–water partition coefficient (Wildman–Crippen LogP) is 5.69. The Morgan fingerprint density at radius 3 is 2.71 bits per heavy atom. The molecule has 0 N–H and O–H groups in total. The molecule has 2 aromatic heterocycles. The molecule has 1 aliphatic carbocycles. The minimum absolute atomic E-state index is 0.321. The van der Waals surface area contributed by atoms with Gasteiger partial charge in [-0.3, -0.25) is 4.40 Å². The summed E-state index contributed by atoms with van der Waals surface area (Å²) in [6.07, 6.45) is 9.28. The molecule has 4 aromatic rings. The maximum atomic E-state index is 12.5. The quantitative estimate of drug-likeness (QED) is 0.406. The molecule has 4 heteroatoms. The third-order valence-electron chi connectivity index (χ3n) is 4.94. The van der Waals surface area contributed by atoms with E-state index in [1.54, 1.807) is 0 Å². The predicted molar refractivity (Wildman–Crippen MR) is 115 cm³/mol. The number of aromatic nitrogens is 2. The molecule has 0 aliphatic heterocycles. The van der Waals surface area contributed by atoms with Crippen LogP contribution in [0, 0.1) is 0 Å². The fourth-order valence-corrected chi connectivity index (χ4v) is 3.54. The fraction of sp³-hybridized carbons (Fsp3) is 0.0833. The zero-order valence-electron chi connectivity index (χ0n) is 15.7. The third-order valence-corrected chi connectivity index (χ3v) is 4.94. The van der Waals surface area contributed by atoms with Gasteiger partial charge in [0, 0.05) is 0 Å². The average Bonchev–Trinajstić information content (AvgIpc) is 3.15. The van der Waals surface area contributed by atoms with Crippen molar-refractivity contribution in [3.05, 3.63) is 101 Å². The second-order valence-electron chi connectivity index (χ2n) is 6.47. The Bertz CT molecular complexity index is 1350. The van der Waals surface area contributed by atoms with Crippen LogP contribution in [0.3, 0.4) is 0 Å². The molecule has 138 valence electrons. The van der Waals surface area contributed by atoms with E-state index in [1.807, 2.05) is 46.9 Å². The summed E-state index contributed by atoms with van der Waals surface area (Å²) in [6.45, 7) is 8.10. The van der Waals surface area contributed by atoms with Crippen LogP contribution in [-0.2, 0) is 0 Å². The van der Waals surface area contributed by atoms with E-state index < -0.39 is 5.63 Å². The standard InChI is InChI=1S/C22H16N2O2.C2H4/c1-14(15-7-3-2-4-8-15)16-11-12-19-20(13-16)26-22(25)21-23-17-9-5-6-10-18(17)24(19)21;1-2/h2-7,9-13H,8H2,1H3;1-2H2/b15-14+;. The van der Waals surface area contributed by atoms with Crippen LogP contribution in [0.1, 0.15) is 18.9 Å². The Balaban J connectivity index is 0.000000932. The molecule has 0 radical (unpaired) electrons. The largest absolute Gasteiger partial charge is 0.418 e. The lowest BCUT2D eigenvalue weighted by atomic mass is 9.96. The molecule has 0 amide bonds. The van der Waals surface area contributed by atoms with E-state index in [1.165, 1.54) is 11.1 Å². The van der Waals surface area contributed by atoms with Gasteiger partial charge in [-0.1, -0.05) is 42.5 Å². The van der Waals surface area contributed by atoms with Crippen molar-refractivity contribution in [2.75, 3.05) is 0 Å². The summed E-state index contributed by atoms with van der Waals surface area (Å²) in [5.74, 6) is 0. The highest BCUT2D eigenvalue weighted by molar-refractivity contribution is 5.88. The van der Waals surface area contributed by atoms with Gasteiger partial charge in [-0.15, -0.1) is 13.2 Å². The maximum absolute atomic E-state index is 12.5. The summed E-state index contributed by atoms with van der Waals surface area (Å²) < 4.78 is 7.47. The van der Waals surface area contributed by atoms with Gasteiger partial charge in [-0.25, -0.2) is 9.78 Å². The van der Waals surface area contributed by atoms with E-state index in [0.29, 0.717) is 11.2 Å². The Morgan fingerprint density at radius 2 is 1.93 bits per heavy atom. The summed E-state index contributed by atoms with van der Waals surface area (Å²) in [4.78, 5) is 16.9. The SMILES string of the molecule is C/C(=C1/C=CC=CC1)c1ccc2c(c1)oc(=O)c1nc3ccccc3n12.C=C. The zero-order valence-corrected chi connectivity index (χ0v) is 15.7. The second kappa shape index (κ2) is 7.16. The van der Waals surface area contributed by atoms with Crippen molar-refractivity contribution in [2.24, 2.45) is 0 Å². The van der Waals surface area contributed by atoms with Crippen molar-refractivity contribution in [3.63, 3.8) is 0 Å². The number of benzene rings is 2. The maximum Gasteiger partial charge on any atom is 0.380 e. The van der Waals surface area contributed by atoms with Crippen molar-refractivity contribution in [1.29, 1.82) is 0 Å². The summed E-state index contributed by atoms with van der Waals surface area (Å²) >= 11 is 0. The molecule has 1 aliphatic rings. The molecule has 0 fully saturated rings. The van der Waals surface area contributed by atoms with Crippen molar-refractivity contribution in [1.82, 2.24) is 9.38 Å². The van der Waals surface area contributed by atoms with Crippen molar-refractivity contribution in [3.8, 4) is 0 Å². The minimum Gasteiger partial charge on any atom is -0.418 e. The van der Waals surface area contributed by atoms with Crippen LogP contribution in [-0.4, -0.2) is 9.38 Å². The van der Waals surface area contributed by atoms with Gasteiger partial charge >= 0.3 is 5.63 Å². The van der Waals surface area contributed by atoms with Gasteiger partial charge < -0.3 is 4.42 Å². The topological polar surface area (TPSA) is 47.5 Å². The van der Waals surface area contributed by atoms with Gasteiger partial charge in [-0.05, 0) is 54.3 Å². The Kier molecular flexibility index (Phi) is 4.53. The van der Waals surface area contributed by atoms with E-state index >= 15 is 0 Å². The molecule has 28 heavy (non-hydrogen) atoms. The zero-order chi connectivity index (χ0) is 19.7. The normalized spacial score (nSPS) is 15.0. The molecule has 0 spiro atoms. The molecule has 0 saturated carbocycles. The lowest BCUT2D eigenvalue weighted by Gasteiger charge is -2.10. The molecule has 2 heterocycles. The highest BCUT2D eigenvalue weighted by atomic mass is 16.4. The smallest absolute Gasteiger partial charge is 0.380 e. The number of allylic oxidation sites excluding steroid dienone is 6. The molecule has 0 atom stereocenters. The summed E-state index contributed by atoms with van der Waals surface area (Å²) in [5, 5.41) is 0. The van der Waals surface area contributed by atoms with Gasteiger partial charge in [0.1, 0.15) is 0 Å². The number of hydrogen-bond acceptors (Lipinski definition) is 3. The first-order valence-electron chi connectivity index (χ1n) is 9.10. The van der Waals surface area contributed by atoms with E-state index in [9.17, 15) is 4.79 Å². The number of rotatable bonds is 1. The van der Waals surface area contributed by atoms with Gasteiger partial charge in [0.25, 0.3) is 0 Å². The van der Waals surface area contributed by atoms with E-state index in [0.717, 1.165) is 28.5 Å². The van der Waals surface area contributed by atoms with Gasteiger partial charge in [0.15, 0.2) is 5.58 Å². The Hall–Kier alpha value is -3.66. The van der Waals surface area contributed by atoms with E-state index in [2.05, 4.69) is 49.4 Å². The van der Waals surface area contributed by atoms with Crippen molar-refractivity contribution in [2.45, 2.75) is 13.3 Å². The average molecular weight is 368 g/mol. The van der Waals surface area contributed by atoms with Crippen molar-refractivity contribution >= 4 is 33.4 Å². The Labute approximate surface area is 162 Å². The highest BCUT2D eigenvalue weighted by Gasteiger charge is 2.14. The highest BCUT2D eigenvalue weighted by Crippen LogP contribution is 2.27. The third kappa shape index (κ3) is 2.79. The number of nitrogens with zero attached hydrogens (tertiary/aromatic N) is 2. The monoisotopic (exact) mass is 368 g/mol. The van der Waals surface area contributed by atoms with Crippen LogP contribution in [0.4, 0.5) is 0 Å². The number of fused-ring (bicyclic) bond motifs is 5. The summed E-state index contributed by atoms with van der Waals surface area (Å²) in [6, 6.07) is 13.8. The molecule has 2 aromatic carbocycles.